The number of benzene rings is 1. The number of fused-ring (bicyclic) bond motifs is 1. The highest BCUT2D eigenvalue weighted by Crippen LogP contribution is 2.46. The van der Waals surface area contributed by atoms with E-state index in [1.807, 2.05) is 0 Å². The van der Waals surface area contributed by atoms with Crippen molar-refractivity contribution in [1.29, 1.82) is 0 Å². The quantitative estimate of drug-likeness (QED) is 0.431. The standard InChI is InChI=1S/C19H16F5NO4S2/c1-18(8-14(26)27)7-9-5-12(29-2)10(20)6-11(9)25(18)16(28)13-3-4-15(30-13)31-19(23,24)17(21)22/h3-6,17H,7-8H2,1-2H3,(H,26,27). The third-order valence-electron chi connectivity index (χ3n) is 4.72. The summed E-state index contributed by atoms with van der Waals surface area (Å²) in [5, 5.41) is 5.01. The lowest BCUT2D eigenvalue weighted by Gasteiger charge is -2.34. The monoisotopic (exact) mass is 481 g/mol. The number of hydrogen-bond acceptors (Lipinski definition) is 5. The Morgan fingerprint density at radius 3 is 2.61 bits per heavy atom. The highest BCUT2D eigenvalue weighted by molar-refractivity contribution is 8.02. The number of halogens is 5. The number of aliphatic carboxylic acids is 1. The summed E-state index contributed by atoms with van der Waals surface area (Å²) in [6.45, 7) is 1.51. The lowest BCUT2D eigenvalue weighted by Crippen LogP contribution is -2.49. The van der Waals surface area contributed by atoms with E-state index in [1.165, 1.54) is 26.2 Å². The van der Waals surface area contributed by atoms with Crippen molar-refractivity contribution in [3.63, 3.8) is 0 Å². The molecule has 3 rings (SSSR count). The molecule has 1 N–H and O–H groups in total. The number of alkyl halides is 4. The highest BCUT2D eigenvalue weighted by Gasteiger charge is 2.47. The zero-order chi connectivity index (χ0) is 23.1. The van der Waals surface area contributed by atoms with Gasteiger partial charge in [0.2, 0.25) is 0 Å². The van der Waals surface area contributed by atoms with E-state index in [1.54, 1.807) is 0 Å². The van der Waals surface area contributed by atoms with Gasteiger partial charge in [-0.3, -0.25) is 9.59 Å². The second-order valence-corrected chi connectivity index (χ2v) is 9.61. The highest BCUT2D eigenvalue weighted by atomic mass is 32.2. The van der Waals surface area contributed by atoms with Crippen LogP contribution in [0.4, 0.5) is 27.6 Å². The van der Waals surface area contributed by atoms with E-state index in [2.05, 4.69) is 0 Å². The fraction of sp³-hybridized carbons (Fsp3) is 0.368. The first-order valence-electron chi connectivity index (χ1n) is 8.75. The van der Waals surface area contributed by atoms with E-state index in [0.717, 1.165) is 17.0 Å². The van der Waals surface area contributed by atoms with E-state index >= 15 is 0 Å². The number of nitrogens with zero attached hydrogens (tertiary/aromatic N) is 1. The minimum absolute atomic E-state index is 0.0743. The maximum absolute atomic E-state index is 14.3. The number of carboxylic acids is 1. The van der Waals surface area contributed by atoms with Crippen molar-refractivity contribution in [2.24, 2.45) is 0 Å². The zero-order valence-corrected chi connectivity index (χ0v) is 17.8. The van der Waals surface area contributed by atoms with Gasteiger partial charge in [0, 0.05) is 6.07 Å². The molecule has 1 atom stereocenters. The number of carbonyl (C=O) groups is 2. The average Bonchev–Trinajstić information content (AvgIpc) is 3.20. The first-order chi connectivity index (χ1) is 14.4. The van der Waals surface area contributed by atoms with Gasteiger partial charge in [-0.25, -0.2) is 13.2 Å². The Bertz CT molecular complexity index is 1030. The van der Waals surface area contributed by atoms with Crippen LogP contribution in [0.5, 0.6) is 5.75 Å². The van der Waals surface area contributed by atoms with Crippen LogP contribution in [0, 0.1) is 5.82 Å². The molecular weight excluding hydrogens is 465 g/mol. The third kappa shape index (κ3) is 4.49. The van der Waals surface area contributed by atoms with E-state index in [-0.39, 0.29) is 38.7 Å². The molecular formula is C19H16F5NO4S2. The molecule has 0 radical (unpaired) electrons. The van der Waals surface area contributed by atoms with Crippen molar-refractivity contribution >= 4 is 40.7 Å². The van der Waals surface area contributed by atoms with Crippen LogP contribution in [0.2, 0.25) is 0 Å². The van der Waals surface area contributed by atoms with Gasteiger partial charge >= 0.3 is 17.6 Å². The van der Waals surface area contributed by atoms with Crippen molar-refractivity contribution in [3.8, 4) is 5.75 Å². The maximum Gasteiger partial charge on any atom is 0.358 e. The van der Waals surface area contributed by atoms with Crippen LogP contribution in [0.3, 0.4) is 0 Å². The van der Waals surface area contributed by atoms with Crippen molar-refractivity contribution in [1.82, 2.24) is 0 Å². The smallest absolute Gasteiger partial charge is 0.358 e. The van der Waals surface area contributed by atoms with Crippen LogP contribution in [-0.4, -0.2) is 41.3 Å². The van der Waals surface area contributed by atoms with Gasteiger partial charge in [0.05, 0.1) is 33.8 Å². The van der Waals surface area contributed by atoms with Crippen molar-refractivity contribution < 1.29 is 41.4 Å². The molecule has 1 unspecified atom stereocenters. The second kappa shape index (κ2) is 8.30. The minimum Gasteiger partial charge on any atom is -0.494 e. The van der Waals surface area contributed by atoms with Crippen molar-refractivity contribution in [2.75, 3.05) is 12.0 Å². The molecule has 0 fully saturated rings. The molecule has 1 aliphatic rings. The van der Waals surface area contributed by atoms with Gasteiger partial charge in [-0.1, -0.05) is 0 Å². The number of carboxylic acid groups (broad SMARTS) is 1. The Hall–Kier alpha value is -2.34. The molecule has 1 aromatic carbocycles. The lowest BCUT2D eigenvalue weighted by molar-refractivity contribution is -0.138. The number of methoxy groups -OCH3 is 1. The van der Waals surface area contributed by atoms with E-state index < -0.39 is 41.3 Å². The molecule has 1 aromatic heterocycles. The summed E-state index contributed by atoms with van der Waals surface area (Å²) in [6, 6.07) is 4.72. The molecule has 0 saturated carbocycles. The Labute approximate surface area is 181 Å². The van der Waals surface area contributed by atoms with Gasteiger partial charge in [0.1, 0.15) is 0 Å². The zero-order valence-electron chi connectivity index (χ0n) is 16.1. The number of amides is 1. The van der Waals surface area contributed by atoms with Gasteiger partial charge in [0.15, 0.2) is 11.6 Å². The first-order valence-corrected chi connectivity index (χ1v) is 10.4. The van der Waals surface area contributed by atoms with Crippen LogP contribution >= 0.6 is 23.1 Å². The Balaban J connectivity index is 2.00. The number of hydrogen-bond donors (Lipinski definition) is 1. The third-order valence-corrected chi connectivity index (χ3v) is 6.88. The second-order valence-electron chi connectivity index (χ2n) is 7.08. The molecule has 168 valence electrons. The Morgan fingerprint density at radius 1 is 1.35 bits per heavy atom. The molecule has 12 heteroatoms. The van der Waals surface area contributed by atoms with Crippen LogP contribution in [0.25, 0.3) is 0 Å². The molecule has 2 heterocycles. The number of rotatable bonds is 7. The number of thioether (sulfide) groups is 1. The summed E-state index contributed by atoms with van der Waals surface area (Å²) in [5.41, 5.74) is -0.660. The summed E-state index contributed by atoms with van der Waals surface area (Å²) in [7, 11) is 1.26. The van der Waals surface area contributed by atoms with Crippen LogP contribution < -0.4 is 9.64 Å². The minimum atomic E-state index is -4.33. The maximum atomic E-state index is 14.3. The van der Waals surface area contributed by atoms with E-state index in [9.17, 15) is 36.6 Å². The number of anilines is 1. The van der Waals surface area contributed by atoms with Crippen molar-refractivity contribution in [3.05, 3.63) is 40.5 Å². The molecule has 1 aliphatic heterocycles. The van der Waals surface area contributed by atoms with E-state index in [4.69, 9.17) is 4.74 Å². The van der Waals surface area contributed by atoms with Gasteiger partial charge in [-0.2, -0.15) is 8.78 Å². The normalized spacial score (nSPS) is 18.4. The fourth-order valence-electron chi connectivity index (χ4n) is 3.47. The molecule has 0 aliphatic carbocycles. The largest absolute Gasteiger partial charge is 0.494 e. The fourth-order valence-corrected chi connectivity index (χ4v) is 5.40. The van der Waals surface area contributed by atoms with Gasteiger partial charge in [-0.05, 0) is 48.9 Å². The molecule has 2 aromatic rings. The van der Waals surface area contributed by atoms with E-state index in [0.29, 0.717) is 16.9 Å². The summed E-state index contributed by atoms with van der Waals surface area (Å²) in [6.07, 6.45) is -4.26. The Kier molecular flexibility index (Phi) is 6.25. The molecule has 31 heavy (non-hydrogen) atoms. The van der Waals surface area contributed by atoms with Crippen LogP contribution in [0.15, 0.2) is 28.5 Å². The molecule has 0 bridgehead atoms. The van der Waals surface area contributed by atoms with Crippen LogP contribution in [0.1, 0.15) is 28.6 Å². The predicted molar refractivity (Wildman–Crippen MR) is 105 cm³/mol. The molecule has 5 nitrogen and oxygen atoms in total. The number of thiophene rings is 1. The van der Waals surface area contributed by atoms with Gasteiger partial charge < -0.3 is 14.7 Å². The van der Waals surface area contributed by atoms with Crippen LogP contribution in [-0.2, 0) is 11.2 Å². The average molecular weight is 481 g/mol. The first kappa shape index (κ1) is 23.3. The topological polar surface area (TPSA) is 66.8 Å². The van der Waals surface area contributed by atoms with Crippen molar-refractivity contribution in [2.45, 2.75) is 41.2 Å². The molecule has 0 spiro atoms. The van der Waals surface area contributed by atoms with Gasteiger partial charge in [-0.15, -0.1) is 11.3 Å². The molecule has 1 amide bonds. The lowest BCUT2D eigenvalue weighted by atomic mass is 9.92. The SMILES string of the molecule is COc1cc2c(cc1F)N(C(=O)c1ccc(SC(F)(F)C(F)F)s1)C(C)(CC(=O)O)C2. The Morgan fingerprint density at radius 2 is 2.03 bits per heavy atom. The number of carbonyl (C=O) groups excluding carboxylic acids is 1. The summed E-state index contributed by atoms with van der Waals surface area (Å²) in [5.74, 6) is -2.78. The number of ether oxygens (including phenoxy) is 1. The summed E-state index contributed by atoms with van der Waals surface area (Å²) < 4.78 is 70.6. The summed E-state index contributed by atoms with van der Waals surface area (Å²) in [4.78, 5) is 25.7. The predicted octanol–water partition coefficient (Wildman–Crippen LogP) is 5.28. The molecule has 0 saturated heterocycles. The summed E-state index contributed by atoms with van der Waals surface area (Å²) >= 11 is 0.203. The van der Waals surface area contributed by atoms with Gasteiger partial charge in [0.25, 0.3) is 5.91 Å².